The van der Waals surface area contributed by atoms with Crippen molar-refractivity contribution in [2.75, 3.05) is 13.1 Å². The monoisotopic (exact) mass is 330 g/mol. The number of carbonyl (C=O) groups is 1. The fraction of sp³-hybridized carbons (Fsp3) is 0.462. The van der Waals surface area contributed by atoms with E-state index >= 15 is 0 Å². The summed E-state index contributed by atoms with van der Waals surface area (Å²) in [5, 5.41) is 0.558. The van der Waals surface area contributed by atoms with Gasteiger partial charge in [0.25, 0.3) is 5.91 Å². The van der Waals surface area contributed by atoms with Gasteiger partial charge in [-0.05, 0) is 46.5 Å². The summed E-state index contributed by atoms with van der Waals surface area (Å²) in [6.07, 6.45) is 0.858. The first-order chi connectivity index (χ1) is 8.49. The molecule has 3 nitrogen and oxygen atoms in total. The maximum Gasteiger partial charge on any atom is 0.253 e. The molecule has 0 spiro atoms. The molecule has 1 aliphatic heterocycles. The Morgan fingerprint density at radius 3 is 2.89 bits per heavy atom. The van der Waals surface area contributed by atoms with Gasteiger partial charge in [0.1, 0.15) is 0 Å². The molecular formula is C13H16BrClN2O. The lowest BCUT2D eigenvalue weighted by molar-refractivity contribution is 0.0664. The Morgan fingerprint density at radius 2 is 2.28 bits per heavy atom. The SMILES string of the molecule is CC1CN(C(=O)c2ccc(Br)c(Cl)c2)CCC1N. The summed E-state index contributed by atoms with van der Waals surface area (Å²) >= 11 is 9.33. The number of hydrogen-bond acceptors (Lipinski definition) is 2. The van der Waals surface area contributed by atoms with E-state index in [0.29, 0.717) is 23.0 Å². The summed E-state index contributed by atoms with van der Waals surface area (Å²) in [5.41, 5.74) is 6.59. The highest BCUT2D eigenvalue weighted by molar-refractivity contribution is 9.10. The Hall–Kier alpha value is -0.580. The molecule has 1 aromatic carbocycles. The van der Waals surface area contributed by atoms with Crippen LogP contribution in [0.1, 0.15) is 23.7 Å². The van der Waals surface area contributed by atoms with Crippen LogP contribution in [0.25, 0.3) is 0 Å². The number of hydrogen-bond donors (Lipinski definition) is 1. The topological polar surface area (TPSA) is 46.3 Å². The van der Waals surface area contributed by atoms with Crippen LogP contribution in [0, 0.1) is 5.92 Å². The molecule has 0 aromatic heterocycles. The van der Waals surface area contributed by atoms with E-state index in [-0.39, 0.29) is 11.9 Å². The van der Waals surface area contributed by atoms with E-state index in [2.05, 4.69) is 22.9 Å². The largest absolute Gasteiger partial charge is 0.338 e. The van der Waals surface area contributed by atoms with Gasteiger partial charge in [0.15, 0.2) is 0 Å². The second-order valence-corrected chi connectivity index (χ2v) is 6.07. The lowest BCUT2D eigenvalue weighted by Crippen LogP contribution is -2.48. The van der Waals surface area contributed by atoms with Gasteiger partial charge in [-0.1, -0.05) is 18.5 Å². The van der Waals surface area contributed by atoms with Crippen molar-refractivity contribution < 1.29 is 4.79 Å². The van der Waals surface area contributed by atoms with Crippen molar-refractivity contribution in [1.82, 2.24) is 4.90 Å². The van der Waals surface area contributed by atoms with Gasteiger partial charge in [-0.3, -0.25) is 4.79 Å². The lowest BCUT2D eigenvalue weighted by atomic mass is 9.94. The first-order valence-corrected chi connectivity index (χ1v) is 7.16. The molecule has 2 atom stereocenters. The normalized spacial score (nSPS) is 24.1. The molecule has 1 amide bonds. The zero-order valence-electron chi connectivity index (χ0n) is 10.2. The van der Waals surface area contributed by atoms with Crippen LogP contribution in [-0.2, 0) is 0 Å². The van der Waals surface area contributed by atoms with Crippen molar-refractivity contribution in [2.24, 2.45) is 11.7 Å². The molecule has 0 bridgehead atoms. The molecule has 1 aromatic rings. The maximum atomic E-state index is 12.3. The number of rotatable bonds is 1. The first kappa shape index (κ1) is 13.8. The summed E-state index contributed by atoms with van der Waals surface area (Å²) in [6.45, 7) is 3.52. The van der Waals surface area contributed by atoms with Crippen molar-refractivity contribution in [1.29, 1.82) is 0 Å². The smallest absolute Gasteiger partial charge is 0.253 e. The molecule has 5 heteroatoms. The minimum Gasteiger partial charge on any atom is -0.338 e. The van der Waals surface area contributed by atoms with E-state index in [4.69, 9.17) is 17.3 Å². The molecular weight excluding hydrogens is 316 g/mol. The molecule has 1 aliphatic rings. The maximum absolute atomic E-state index is 12.3. The molecule has 0 saturated carbocycles. The van der Waals surface area contributed by atoms with Crippen LogP contribution in [0.2, 0.25) is 5.02 Å². The molecule has 1 heterocycles. The number of benzene rings is 1. The Kier molecular flexibility index (Phi) is 4.30. The molecule has 18 heavy (non-hydrogen) atoms. The fourth-order valence-electron chi connectivity index (χ4n) is 2.16. The van der Waals surface area contributed by atoms with Crippen LogP contribution in [0.3, 0.4) is 0 Å². The highest BCUT2D eigenvalue weighted by atomic mass is 79.9. The van der Waals surface area contributed by atoms with Crippen molar-refractivity contribution in [3.05, 3.63) is 33.3 Å². The summed E-state index contributed by atoms with van der Waals surface area (Å²) in [4.78, 5) is 14.2. The zero-order chi connectivity index (χ0) is 13.3. The van der Waals surface area contributed by atoms with Crippen LogP contribution in [0.4, 0.5) is 0 Å². The third kappa shape index (κ3) is 2.87. The number of carbonyl (C=O) groups excluding carboxylic acids is 1. The van der Waals surface area contributed by atoms with Gasteiger partial charge in [-0.2, -0.15) is 0 Å². The molecule has 1 saturated heterocycles. The summed E-state index contributed by atoms with van der Waals surface area (Å²) in [6, 6.07) is 5.49. The average molecular weight is 332 g/mol. The lowest BCUT2D eigenvalue weighted by Gasteiger charge is -2.35. The van der Waals surface area contributed by atoms with Gasteiger partial charge in [0.05, 0.1) is 5.02 Å². The quantitative estimate of drug-likeness (QED) is 0.860. The predicted octanol–water partition coefficient (Wildman–Crippen LogP) is 2.91. The van der Waals surface area contributed by atoms with Gasteiger partial charge < -0.3 is 10.6 Å². The number of amides is 1. The number of nitrogens with two attached hydrogens (primary N) is 1. The molecule has 2 N–H and O–H groups in total. The average Bonchev–Trinajstić information content (AvgIpc) is 2.35. The third-order valence-corrected chi connectivity index (χ3v) is 4.66. The predicted molar refractivity (Wildman–Crippen MR) is 76.8 cm³/mol. The minimum absolute atomic E-state index is 0.0307. The van der Waals surface area contributed by atoms with Crippen molar-refractivity contribution in [3.8, 4) is 0 Å². The van der Waals surface area contributed by atoms with Gasteiger partial charge in [-0.25, -0.2) is 0 Å². The van der Waals surface area contributed by atoms with Crippen molar-refractivity contribution in [3.63, 3.8) is 0 Å². The number of halogens is 2. The highest BCUT2D eigenvalue weighted by Gasteiger charge is 2.26. The van der Waals surface area contributed by atoms with Gasteiger partial charge in [0, 0.05) is 29.2 Å². The van der Waals surface area contributed by atoms with Gasteiger partial charge >= 0.3 is 0 Å². The Balaban J connectivity index is 2.14. The third-order valence-electron chi connectivity index (χ3n) is 3.43. The summed E-state index contributed by atoms with van der Waals surface area (Å²) in [7, 11) is 0. The Morgan fingerprint density at radius 1 is 1.56 bits per heavy atom. The van der Waals surface area contributed by atoms with E-state index < -0.39 is 0 Å². The zero-order valence-corrected chi connectivity index (χ0v) is 12.5. The van der Waals surface area contributed by atoms with E-state index in [1.807, 2.05) is 4.90 Å². The molecule has 1 fully saturated rings. The standard InChI is InChI=1S/C13H16BrClN2O/c1-8-7-17(5-4-12(8)16)13(18)9-2-3-10(14)11(15)6-9/h2-3,6,8,12H,4-5,7,16H2,1H3. The summed E-state index contributed by atoms with van der Waals surface area (Å²) in [5.74, 6) is 0.372. The van der Waals surface area contributed by atoms with Crippen molar-refractivity contribution in [2.45, 2.75) is 19.4 Å². The number of likely N-dealkylation sites (tertiary alicyclic amines) is 1. The Labute approximate surface area is 120 Å². The summed E-state index contributed by atoms with van der Waals surface area (Å²) < 4.78 is 0.801. The van der Waals surface area contributed by atoms with Crippen LogP contribution in [-0.4, -0.2) is 29.9 Å². The van der Waals surface area contributed by atoms with Crippen LogP contribution in [0.5, 0.6) is 0 Å². The van der Waals surface area contributed by atoms with Crippen LogP contribution < -0.4 is 5.73 Å². The van der Waals surface area contributed by atoms with E-state index in [0.717, 1.165) is 17.4 Å². The van der Waals surface area contributed by atoms with Gasteiger partial charge in [0.2, 0.25) is 0 Å². The number of nitrogens with zero attached hydrogens (tertiary/aromatic N) is 1. The second kappa shape index (κ2) is 5.59. The molecule has 2 unspecified atom stereocenters. The Bertz CT molecular complexity index is 466. The van der Waals surface area contributed by atoms with Crippen LogP contribution >= 0.6 is 27.5 Å². The molecule has 98 valence electrons. The van der Waals surface area contributed by atoms with Crippen LogP contribution in [0.15, 0.2) is 22.7 Å². The van der Waals surface area contributed by atoms with E-state index in [1.165, 1.54) is 0 Å². The highest BCUT2D eigenvalue weighted by Crippen LogP contribution is 2.25. The molecule has 0 aliphatic carbocycles. The second-order valence-electron chi connectivity index (χ2n) is 4.81. The molecule has 0 radical (unpaired) electrons. The molecule has 2 rings (SSSR count). The van der Waals surface area contributed by atoms with Crippen molar-refractivity contribution >= 4 is 33.4 Å². The number of piperidine rings is 1. The van der Waals surface area contributed by atoms with E-state index in [1.54, 1.807) is 18.2 Å². The first-order valence-electron chi connectivity index (χ1n) is 5.99. The van der Waals surface area contributed by atoms with E-state index in [9.17, 15) is 4.79 Å². The fourth-order valence-corrected chi connectivity index (χ4v) is 2.59. The minimum atomic E-state index is 0.0307. The van der Waals surface area contributed by atoms with Gasteiger partial charge in [-0.15, -0.1) is 0 Å².